The molecule has 0 radical (unpaired) electrons. The van der Waals surface area contributed by atoms with E-state index >= 15 is 0 Å². The van der Waals surface area contributed by atoms with Gasteiger partial charge in [-0.15, -0.1) is 5.92 Å². The van der Waals surface area contributed by atoms with Crippen molar-refractivity contribution in [1.29, 1.82) is 0 Å². The lowest BCUT2D eigenvalue weighted by Crippen LogP contribution is -2.40. The van der Waals surface area contributed by atoms with Crippen LogP contribution in [-0.2, 0) is 13.6 Å². The molecule has 1 aliphatic rings. The van der Waals surface area contributed by atoms with Crippen LogP contribution in [0.15, 0.2) is 33.9 Å². The van der Waals surface area contributed by atoms with Crippen LogP contribution >= 0.6 is 15.9 Å². The van der Waals surface area contributed by atoms with Gasteiger partial charge in [-0.05, 0) is 35.8 Å². The highest BCUT2D eigenvalue weighted by molar-refractivity contribution is 9.09. The summed E-state index contributed by atoms with van der Waals surface area (Å²) in [6.07, 6.45) is 0. The van der Waals surface area contributed by atoms with Crippen LogP contribution in [0.2, 0.25) is 0 Å². The summed E-state index contributed by atoms with van der Waals surface area (Å²) in [5, 5.41) is 0.625. The Morgan fingerprint density at radius 1 is 1.21 bits per heavy atom. The van der Waals surface area contributed by atoms with Crippen molar-refractivity contribution in [3.8, 4) is 11.8 Å². The molecule has 0 spiro atoms. The molecule has 0 aliphatic carbocycles. The average Bonchev–Trinajstić information content (AvgIpc) is 2.97. The summed E-state index contributed by atoms with van der Waals surface area (Å²) in [7, 11) is 1.63. The molecule has 0 saturated heterocycles. The van der Waals surface area contributed by atoms with Crippen molar-refractivity contribution < 1.29 is 0 Å². The number of aryl methyl sites for hydroxylation is 1. The number of aromatic amines is 1. The van der Waals surface area contributed by atoms with Gasteiger partial charge in [-0.1, -0.05) is 24.1 Å². The van der Waals surface area contributed by atoms with Crippen LogP contribution in [0.4, 0.5) is 11.5 Å². The maximum Gasteiger partial charge on any atom is 0.329 e. The van der Waals surface area contributed by atoms with E-state index in [9.17, 15) is 9.59 Å². The summed E-state index contributed by atoms with van der Waals surface area (Å²) in [6.45, 7) is 4.35. The number of halogens is 1. The Morgan fingerprint density at radius 3 is 2.72 bits per heavy atom. The van der Waals surface area contributed by atoms with E-state index in [2.05, 4.69) is 42.7 Å². The molecule has 1 N–H and O–H groups in total. The molecule has 8 nitrogen and oxygen atoms in total. The number of alkyl halides is 1. The Labute approximate surface area is 175 Å². The standard InChI is InChI=1S/C20H19BrN6O2/c1-4-5-10-26-16-17(28)24-20(29)25(3)18(16)27(19(26)21)11-15-22-12(2)13-8-6-7-9-14(13)23-15/h6-9,19H,10-11H2,1-3H3,(H,24,28,29). The minimum absolute atomic E-state index is 0.321. The second kappa shape index (κ2) is 7.37. The molecular weight excluding hydrogens is 436 g/mol. The third-order valence-corrected chi connectivity index (χ3v) is 5.91. The first-order chi connectivity index (χ1) is 13.9. The zero-order chi connectivity index (χ0) is 20.7. The summed E-state index contributed by atoms with van der Waals surface area (Å²) < 4.78 is 1.43. The summed E-state index contributed by atoms with van der Waals surface area (Å²) >= 11 is 3.66. The summed E-state index contributed by atoms with van der Waals surface area (Å²) in [5.41, 5.74) is 1.22. The Morgan fingerprint density at radius 2 is 1.97 bits per heavy atom. The van der Waals surface area contributed by atoms with E-state index in [4.69, 9.17) is 0 Å². The Kier molecular flexibility index (Phi) is 4.88. The molecule has 4 rings (SSSR count). The number of hydrogen-bond acceptors (Lipinski definition) is 6. The number of nitrogens with zero attached hydrogens (tertiary/aromatic N) is 5. The van der Waals surface area contributed by atoms with E-state index < -0.39 is 11.2 Å². The van der Waals surface area contributed by atoms with E-state index in [-0.39, 0.29) is 5.08 Å². The smallest absolute Gasteiger partial charge is 0.323 e. The van der Waals surface area contributed by atoms with Crippen molar-refractivity contribution in [2.75, 3.05) is 16.3 Å². The fraction of sp³-hybridized carbons (Fsp3) is 0.300. The van der Waals surface area contributed by atoms with Gasteiger partial charge in [-0.25, -0.2) is 14.8 Å². The molecule has 3 heterocycles. The topological polar surface area (TPSA) is 87.1 Å². The predicted molar refractivity (Wildman–Crippen MR) is 116 cm³/mol. The molecule has 0 bridgehead atoms. The largest absolute Gasteiger partial charge is 0.329 e. The molecule has 0 fully saturated rings. The maximum atomic E-state index is 12.6. The molecule has 1 aromatic carbocycles. The van der Waals surface area contributed by atoms with Gasteiger partial charge in [0.15, 0.2) is 5.08 Å². The van der Waals surface area contributed by atoms with Gasteiger partial charge in [0, 0.05) is 18.1 Å². The number of para-hydroxylation sites is 1. The maximum absolute atomic E-state index is 12.6. The first kappa shape index (κ1) is 19.2. The highest BCUT2D eigenvalue weighted by Crippen LogP contribution is 2.38. The van der Waals surface area contributed by atoms with Gasteiger partial charge in [0.25, 0.3) is 5.56 Å². The van der Waals surface area contributed by atoms with E-state index in [1.54, 1.807) is 14.0 Å². The fourth-order valence-electron chi connectivity index (χ4n) is 3.55. The van der Waals surface area contributed by atoms with Gasteiger partial charge in [-0.2, -0.15) is 0 Å². The molecule has 1 aliphatic heterocycles. The van der Waals surface area contributed by atoms with Gasteiger partial charge in [0.2, 0.25) is 0 Å². The predicted octanol–water partition coefficient (Wildman–Crippen LogP) is 1.85. The van der Waals surface area contributed by atoms with Crippen LogP contribution in [0.3, 0.4) is 0 Å². The van der Waals surface area contributed by atoms with Crippen LogP contribution in [-0.4, -0.2) is 31.1 Å². The van der Waals surface area contributed by atoms with Crippen molar-refractivity contribution in [3.63, 3.8) is 0 Å². The second-order valence-electron chi connectivity index (χ2n) is 6.73. The zero-order valence-electron chi connectivity index (χ0n) is 16.2. The zero-order valence-corrected chi connectivity index (χ0v) is 17.8. The summed E-state index contributed by atoms with van der Waals surface area (Å²) in [5.74, 6) is 6.95. The molecule has 0 amide bonds. The van der Waals surface area contributed by atoms with Crippen molar-refractivity contribution in [2.24, 2.45) is 7.05 Å². The lowest BCUT2D eigenvalue weighted by Gasteiger charge is -2.26. The molecule has 3 aromatic rings. The van der Waals surface area contributed by atoms with Crippen molar-refractivity contribution >= 4 is 38.3 Å². The molecule has 0 saturated carbocycles. The number of benzene rings is 1. The monoisotopic (exact) mass is 454 g/mol. The number of rotatable bonds is 3. The number of hydrogen-bond donors (Lipinski definition) is 1. The molecular formula is C20H19BrN6O2. The first-order valence-corrected chi connectivity index (χ1v) is 9.96. The molecule has 148 valence electrons. The normalized spacial score (nSPS) is 15.4. The van der Waals surface area contributed by atoms with Crippen LogP contribution in [0, 0.1) is 18.8 Å². The minimum atomic E-state index is -0.475. The summed E-state index contributed by atoms with van der Waals surface area (Å²) in [4.78, 5) is 40.2. The first-order valence-electron chi connectivity index (χ1n) is 9.05. The SMILES string of the molecule is CC#CCN1c2c(n(C)c(=O)[nH]c2=O)N(Cc2nc(C)c3ccccc3n2)C1Br. The lowest BCUT2D eigenvalue weighted by atomic mass is 10.2. The Balaban J connectivity index is 1.83. The fourth-order valence-corrected chi connectivity index (χ4v) is 4.24. The van der Waals surface area contributed by atoms with E-state index in [1.807, 2.05) is 41.0 Å². The van der Waals surface area contributed by atoms with Crippen molar-refractivity contribution in [3.05, 3.63) is 56.6 Å². The van der Waals surface area contributed by atoms with Gasteiger partial charge in [0.1, 0.15) is 17.3 Å². The lowest BCUT2D eigenvalue weighted by molar-refractivity contribution is 0.704. The molecule has 29 heavy (non-hydrogen) atoms. The van der Waals surface area contributed by atoms with Gasteiger partial charge >= 0.3 is 5.69 Å². The van der Waals surface area contributed by atoms with Crippen LogP contribution in [0.5, 0.6) is 0 Å². The highest BCUT2D eigenvalue weighted by Gasteiger charge is 2.39. The van der Waals surface area contributed by atoms with Crippen LogP contribution in [0.25, 0.3) is 10.9 Å². The van der Waals surface area contributed by atoms with Crippen molar-refractivity contribution in [1.82, 2.24) is 19.5 Å². The van der Waals surface area contributed by atoms with Crippen molar-refractivity contribution in [2.45, 2.75) is 25.5 Å². The van der Waals surface area contributed by atoms with Gasteiger partial charge < -0.3 is 9.80 Å². The minimum Gasteiger partial charge on any atom is -0.323 e. The Hall–Kier alpha value is -3.12. The Bertz CT molecular complexity index is 1290. The second-order valence-corrected chi connectivity index (χ2v) is 7.55. The van der Waals surface area contributed by atoms with Crippen LogP contribution < -0.4 is 21.0 Å². The van der Waals surface area contributed by atoms with Gasteiger partial charge in [0.05, 0.1) is 18.6 Å². The summed E-state index contributed by atoms with van der Waals surface area (Å²) in [6, 6.07) is 7.83. The highest BCUT2D eigenvalue weighted by atomic mass is 79.9. The quantitative estimate of drug-likeness (QED) is 0.369. The molecule has 1 unspecified atom stereocenters. The number of aromatic nitrogens is 4. The number of nitrogens with one attached hydrogen (secondary N) is 1. The molecule has 9 heteroatoms. The number of anilines is 2. The number of H-pyrrole nitrogens is 1. The van der Waals surface area contributed by atoms with E-state index in [0.717, 1.165) is 16.6 Å². The van der Waals surface area contributed by atoms with E-state index in [0.29, 0.717) is 30.4 Å². The van der Waals surface area contributed by atoms with Gasteiger partial charge in [-0.3, -0.25) is 14.3 Å². The number of fused-ring (bicyclic) bond motifs is 2. The average molecular weight is 455 g/mol. The third-order valence-electron chi connectivity index (χ3n) is 4.92. The third kappa shape index (κ3) is 3.19. The van der Waals surface area contributed by atoms with Crippen LogP contribution in [0.1, 0.15) is 18.4 Å². The molecule has 2 aromatic heterocycles. The molecule has 1 atom stereocenters. The van der Waals surface area contributed by atoms with E-state index in [1.165, 1.54) is 4.57 Å².